The van der Waals surface area contributed by atoms with E-state index < -0.39 is 5.82 Å². The number of nitrogens with zero attached hydrogens (tertiary/aromatic N) is 3. The molecule has 0 fully saturated rings. The van der Waals surface area contributed by atoms with Gasteiger partial charge in [0.15, 0.2) is 0 Å². The van der Waals surface area contributed by atoms with E-state index in [1.165, 1.54) is 12.4 Å². The van der Waals surface area contributed by atoms with E-state index in [1.807, 2.05) is 0 Å². The predicted molar refractivity (Wildman–Crippen MR) is 60.1 cm³/mol. The smallest absolute Gasteiger partial charge is 0.142 e. The Bertz CT molecular complexity index is 499. The molecular formula is C10H8Cl2FN3. The molecule has 0 unspecified atom stereocenters. The fourth-order valence-electron chi connectivity index (χ4n) is 1.33. The summed E-state index contributed by atoms with van der Waals surface area (Å²) in [6.45, 7) is 0.474. The highest BCUT2D eigenvalue weighted by molar-refractivity contribution is 6.30. The average Bonchev–Trinajstić information content (AvgIpc) is 2.71. The van der Waals surface area contributed by atoms with Gasteiger partial charge in [0.1, 0.15) is 18.0 Å². The van der Waals surface area contributed by atoms with Crippen molar-refractivity contribution in [3.63, 3.8) is 0 Å². The maximum absolute atomic E-state index is 12.9. The molecule has 6 heteroatoms. The molecule has 0 saturated heterocycles. The molecule has 0 saturated carbocycles. The van der Waals surface area contributed by atoms with Crippen LogP contribution in [0.1, 0.15) is 11.4 Å². The third-order valence-corrected chi connectivity index (χ3v) is 2.66. The highest BCUT2D eigenvalue weighted by atomic mass is 35.5. The zero-order valence-electron chi connectivity index (χ0n) is 8.20. The van der Waals surface area contributed by atoms with Gasteiger partial charge in [-0.2, -0.15) is 5.10 Å². The van der Waals surface area contributed by atoms with E-state index in [1.54, 1.807) is 16.8 Å². The third kappa shape index (κ3) is 2.33. The first-order valence-corrected chi connectivity index (χ1v) is 5.48. The summed E-state index contributed by atoms with van der Waals surface area (Å²) >= 11 is 11.4. The second-order valence-corrected chi connectivity index (χ2v) is 3.89. The summed E-state index contributed by atoms with van der Waals surface area (Å²) in [6.07, 6.45) is 1.43. The van der Waals surface area contributed by atoms with Crippen LogP contribution in [-0.4, -0.2) is 14.8 Å². The molecule has 3 nitrogen and oxygen atoms in total. The molecule has 2 rings (SSSR count). The number of hydrogen-bond donors (Lipinski definition) is 0. The summed E-state index contributed by atoms with van der Waals surface area (Å²) < 4.78 is 14.6. The van der Waals surface area contributed by atoms with Crippen LogP contribution < -0.4 is 0 Å². The third-order valence-electron chi connectivity index (χ3n) is 2.13. The molecule has 1 aromatic carbocycles. The van der Waals surface area contributed by atoms with E-state index in [0.29, 0.717) is 12.4 Å². The molecule has 0 aliphatic rings. The van der Waals surface area contributed by atoms with Crippen molar-refractivity contribution in [3.05, 3.63) is 46.8 Å². The zero-order valence-corrected chi connectivity index (χ0v) is 9.71. The van der Waals surface area contributed by atoms with Crippen molar-refractivity contribution in [2.24, 2.45) is 0 Å². The maximum atomic E-state index is 12.9. The molecule has 0 aliphatic heterocycles. The molecule has 2 aromatic rings. The van der Waals surface area contributed by atoms with Crippen LogP contribution in [-0.2, 0) is 12.4 Å². The van der Waals surface area contributed by atoms with Gasteiger partial charge in [0.05, 0.1) is 17.4 Å². The van der Waals surface area contributed by atoms with Crippen molar-refractivity contribution in [2.45, 2.75) is 12.4 Å². The Morgan fingerprint density at radius 3 is 2.88 bits per heavy atom. The number of halogens is 3. The Labute approximate surface area is 102 Å². The number of aromatic nitrogens is 3. The lowest BCUT2D eigenvalue weighted by atomic mass is 10.2. The van der Waals surface area contributed by atoms with Crippen LogP contribution in [0.15, 0.2) is 24.5 Å². The van der Waals surface area contributed by atoms with Gasteiger partial charge >= 0.3 is 0 Å². The summed E-state index contributed by atoms with van der Waals surface area (Å²) in [5.41, 5.74) is 0.850. The van der Waals surface area contributed by atoms with Gasteiger partial charge in [-0.25, -0.2) is 14.1 Å². The molecular weight excluding hydrogens is 252 g/mol. The number of hydrogen-bond acceptors (Lipinski definition) is 2. The molecule has 0 radical (unpaired) electrons. The highest BCUT2D eigenvalue weighted by Gasteiger charge is 2.05. The Hall–Kier alpha value is -1.13. The van der Waals surface area contributed by atoms with Crippen molar-refractivity contribution < 1.29 is 4.39 Å². The molecule has 0 N–H and O–H groups in total. The largest absolute Gasteiger partial charge is 0.244 e. The van der Waals surface area contributed by atoms with Gasteiger partial charge in [-0.05, 0) is 17.7 Å². The van der Waals surface area contributed by atoms with Gasteiger partial charge in [0.2, 0.25) is 0 Å². The van der Waals surface area contributed by atoms with Crippen LogP contribution in [0.5, 0.6) is 0 Å². The molecule has 0 atom stereocenters. The minimum absolute atomic E-state index is 0.102. The van der Waals surface area contributed by atoms with Crippen LogP contribution in [0.2, 0.25) is 5.02 Å². The Balaban J connectivity index is 2.24. The summed E-state index contributed by atoms with van der Waals surface area (Å²) in [5, 5.41) is 4.12. The SMILES string of the molecule is Fc1ccc(Cn2ncnc2CCl)cc1Cl. The summed E-state index contributed by atoms with van der Waals surface area (Å²) in [4.78, 5) is 3.98. The number of alkyl halides is 1. The normalized spacial score (nSPS) is 10.7. The average molecular weight is 260 g/mol. The van der Waals surface area contributed by atoms with Crippen molar-refractivity contribution in [1.82, 2.24) is 14.8 Å². The summed E-state index contributed by atoms with van der Waals surface area (Å²) in [6, 6.07) is 4.55. The number of benzene rings is 1. The van der Waals surface area contributed by atoms with Gasteiger partial charge in [0.25, 0.3) is 0 Å². The Kier molecular flexibility index (Phi) is 3.41. The molecule has 1 heterocycles. The molecule has 0 spiro atoms. The van der Waals surface area contributed by atoms with Crippen LogP contribution in [0, 0.1) is 5.82 Å². The topological polar surface area (TPSA) is 30.7 Å². The first-order valence-electron chi connectivity index (χ1n) is 4.57. The first-order chi connectivity index (χ1) is 7.70. The second-order valence-electron chi connectivity index (χ2n) is 3.22. The van der Waals surface area contributed by atoms with Crippen molar-refractivity contribution in [3.8, 4) is 0 Å². The Morgan fingerprint density at radius 1 is 1.38 bits per heavy atom. The monoisotopic (exact) mass is 259 g/mol. The molecule has 0 amide bonds. The van der Waals surface area contributed by atoms with Gasteiger partial charge < -0.3 is 0 Å². The number of rotatable bonds is 3. The van der Waals surface area contributed by atoms with E-state index in [9.17, 15) is 4.39 Å². The lowest BCUT2D eigenvalue weighted by Crippen LogP contribution is -2.05. The minimum atomic E-state index is -0.429. The molecule has 0 bridgehead atoms. The van der Waals surface area contributed by atoms with Crippen LogP contribution >= 0.6 is 23.2 Å². The van der Waals surface area contributed by atoms with Crippen LogP contribution in [0.25, 0.3) is 0 Å². The maximum Gasteiger partial charge on any atom is 0.142 e. The van der Waals surface area contributed by atoms with E-state index in [2.05, 4.69) is 10.1 Å². The van der Waals surface area contributed by atoms with Crippen molar-refractivity contribution in [2.75, 3.05) is 0 Å². The molecule has 84 valence electrons. The van der Waals surface area contributed by atoms with Crippen molar-refractivity contribution >= 4 is 23.2 Å². The zero-order chi connectivity index (χ0) is 11.5. The van der Waals surface area contributed by atoms with E-state index >= 15 is 0 Å². The van der Waals surface area contributed by atoms with Crippen LogP contribution in [0.4, 0.5) is 4.39 Å². The minimum Gasteiger partial charge on any atom is -0.244 e. The summed E-state index contributed by atoms with van der Waals surface area (Å²) in [5.74, 6) is 0.526. The van der Waals surface area contributed by atoms with E-state index in [-0.39, 0.29) is 10.9 Å². The second kappa shape index (κ2) is 4.80. The Morgan fingerprint density at radius 2 is 2.19 bits per heavy atom. The van der Waals surface area contributed by atoms with Gasteiger partial charge in [0, 0.05) is 0 Å². The van der Waals surface area contributed by atoms with Gasteiger partial charge in [-0.3, -0.25) is 0 Å². The van der Waals surface area contributed by atoms with Crippen LogP contribution in [0.3, 0.4) is 0 Å². The van der Waals surface area contributed by atoms with Gasteiger partial charge in [-0.1, -0.05) is 17.7 Å². The fourth-order valence-corrected chi connectivity index (χ4v) is 1.74. The lowest BCUT2D eigenvalue weighted by Gasteiger charge is -2.05. The lowest BCUT2D eigenvalue weighted by molar-refractivity contribution is 0.622. The first kappa shape index (κ1) is 11.4. The predicted octanol–water partition coefficient (Wildman–Crippen LogP) is 2.86. The molecule has 0 aliphatic carbocycles. The van der Waals surface area contributed by atoms with E-state index in [0.717, 1.165) is 5.56 Å². The molecule has 1 aromatic heterocycles. The standard InChI is InChI=1S/C10H8Cl2FN3/c11-4-10-14-6-15-16(10)5-7-1-2-9(13)8(12)3-7/h1-3,6H,4-5H2. The molecule has 16 heavy (non-hydrogen) atoms. The van der Waals surface area contributed by atoms with Crippen molar-refractivity contribution in [1.29, 1.82) is 0 Å². The van der Waals surface area contributed by atoms with E-state index in [4.69, 9.17) is 23.2 Å². The fraction of sp³-hybridized carbons (Fsp3) is 0.200. The summed E-state index contributed by atoms with van der Waals surface area (Å²) in [7, 11) is 0. The quantitative estimate of drug-likeness (QED) is 0.794. The van der Waals surface area contributed by atoms with Gasteiger partial charge in [-0.15, -0.1) is 11.6 Å². The highest BCUT2D eigenvalue weighted by Crippen LogP contribution is 2.17.